The maximum absolute atomic E-state index is 8.83. The van der Waals surface area contributed by atoms with Gasteiger partial charge >= 0.3 is 0 Å². The fourth-order valence-electron chi connectivity index (χ4n) is 2.19. The Labute approximate surface area is 154 Å². The average molecular weight is 371 g/mol. The molecule has 0 saturated heterocycles. The lowest BCUT2D eigenvalue weighted by Crippen LogP contribution is -2.08. The first-order valence-electron chi connectivity index (χ1n) is 7.25. The molecule has 1 aromatic heterocycles. The molecule has 0 atom stereocenters. The zero-order valence-electron chi connectivity index (χ0n) is 12.9. The van der Waals surface area contributed by atoms with Gasteiger partial charge < -0.3 is 11.1 Å². The first-order valence-corrected chi connectivity index (χ1v) is 8.01. The Balaban J connectivity index is 1.86. The van der Waals surface area contributed by atoms with Crippen molar-refractivity contribution >= 4 is 40.8 Å². The maximum atomic E-state index is 8.83. The van der Waals surface area contributed by atoms with Crippen molar-refractivity contribution < 1.29 is 0 Å². The second kappa shape index (κ2) is 7.34. The van der Waals surface area contributed by atoms with E-state index in [1.54, 1.807) is 42.5 Å². The lowest BCUT2D eigenvalue weighted by atomic mass is 10.1. The second-order valence-corrected chi connectivity index (χ2v) is 5.94. The van der Waals surface area contributed by atoms with Gasteiger partial charge in [-0.15, -0.1) is 0 Å². The molecule has 6 nitrogen and oxygen atoms in total. The number of nitrogen functional groups attached to an aromatic ring is 1. The molecule has 2 aromatic carbocycles. The highest BCUT2D eigenvalue weighted by atomic mass is 35.5. The molecule has 0 radical (unpaired) electrons. The van der Waals surface area contributed by atoms with Crippen LogP contribution in [0.25, 0.3) is 0 Å². The molecule has 0 bridgehead atoms. The highest BCUT2D eigenvalue weighted by molar-refractivity contribution is 6.36. The van der Waals surface area contributed by atoms with Crippen molar-refractivity contribution in [2.45, 2.75) is 6.42 Å². The predicted molar refractivity (Wildman–Crippen MR) is 97.9 cm³/mol. The molecule has 3 aromatic rings. The number of halogens is 2. The molecule has 0 saturated carbocycles. The largest absolute Gasteiger partial charge is 0.368 e. The van der Waals surface area contributed by atoms with E-state index in [0.29, 0.717) is 33.8 Å². The van der Waals surface area contributed by atoms with E-state index in [1.807, 2.05) is 0 Å². The fraction of sp³-hybridized carbons (Fsp3) is 0.0588. The molecule has 0 aliphatic carbocycles. The van der Waals surface area contributed by atoms with Crippen molar-refractivity contribution in [3.63, 3.8) is 0 Å². The van der Waals surface area contributed by atoms with E-state index >= 15 is 0 Å². The summed E-state index contributed by atoms with van der Waals surface area (Å²) in [5.41, 5.74) is 7.79. The zero-order chi connectivity index (χ0) is 17.8. The molecule has 0 unspecified atom stereocenters. The van der Waals surface area contributed by atoms with Crippen molar-refractivity contribution in [1.82, 2.24) is 15.0 Å². The average Bonchev–Trinajstić information content (AvgIpc) is 2.58. The highest BCUT2D eigenvalue weighted by Crippen LogP contribution is 2.26. The number of nitriles is 1. The molecular formula is C17H12Cl2N6. The molecule has 0 aliphatic heterocycles. The van der Waals surface area contributed by atoms with Crippen LogP contribution in [0.2, 0.25) is 10.0 Å². The molecule has 0 amide bonds. The van der Waals surface area contributed by atoms with E-state index in [1.165, 1.54) is 0 Å². The van der Waals surface area contributed by atoms with Gasteiger partial charge in [0.25, 0.3) is 0 Å². The van der Waals surface area contributed by atoms with Gasteiger partial charge in [0.2, 0.25) is 11.9 Å². The van der Waals surface area contributed by atoms with Gasteiger partial charge in [-0.3, -0.25) is 0 Å². The third-order valence-corrected chi connectivity index (χ3v) is 4.07. The summed E-state index contributed by atoms with van der Waals surface area (Å²) < 4.78 is 0. The van der Waals surface area contributed by atoms with E-state index in [9.17, 15) is 0 Å². The molecule has 124 valence electrons. The number of benzene rings is 2. The van der Waals surface area contributed by atoms with Gasteiger partial charge in [-0.1, -0.05) is 29.3 Å². The summed E-state index contributed by atoms with van der Waals surface area (Å²) in [5, 5.41) is 12.9. The van der Waals surface area contributed by atoms with Crippen molar-refractivity contribution in [3.05, 3.63) is 69.5 Å². The van der Waals surface area contributed by atoms with Crippen LogP contribution in [0.1, 0.15) is 17.0 Å². The second-order valence-electron chi connectivity index (χ2n) is 5.12. The number of rotatable bonds is 4. The van der Waals surface area contributed by atoms with Gasteiger partial charge in [-0.25, -0.2) is 0 Å². The van der Waals surface area contributed by atoms with Gasteiger partial charge in [0.1, 0.15) is 5.82 Å². The van der Waals surface area contributed by atoms with Crippen LogP contribution < -0.4 is 11.1 Å². The topological polar surface area (TPSA) is 101 Å². The van der Waals surface area contributed by atoms with Crippen molar-refractivity contribution in [1.29, 1.82) is 5.26 Å². The number of hydrogen-bond donors (Lipinski definition) is 2. The van der Waals surface area contributed by atoms with Crippen LogP contribution in [-0.2, 0) is 6.42 Å². The van der Waals surface area contributed by atoms with E-state index in [4.69, 9.17) is 34.2 Å². The summed E-state index contributed by atoms with van der Waals surface area (Å²) >= 11 is 12.4. The quantitative estimate of drug-likeness (QED) is 0.720. The van der Waals surface area contributed by atoms with Gasteiger partial charge in [-0.2, -0.15) is 20.2 Å². The van der Waals surface area contributed by atoms with Gasteiger partial charge in [0.05, 0.1) is 11.6 Å². The van der Waals surface area contributed by atoms with Crippen LogP contribution in [0.5, 0.6) is 0 Å². The zero-order valence-corrected chi connectivity index (χ0v) is 14.4. The summed E-state index contributed by atoms with van der Waals surface area (Å²) in [6.07, 6.45) is 0.327. The third-order valence-electron chi connectivity index (χ3n) is 3.37. The molecule has 8 heteroatoms. The number of nitrogens with one attached hydrogen (secondary N) is 1. The number of aromatic nitrogens is 3. The van der Waals surface area contributed by atoms with Gasteiger partial charge in [0, 0.05) is 22.2 Å². The lowest BCUT2D eigenvalue weighted by molar-refractivity contribution is 0.936. The Morgan fingerprint density at radius 3 is 2.32 bits per heavy atom. The summed E-state index contributed by atoms with van der Waals surface area (Å²) in [4.78, 5) is 12.6. The Bertz CT molecular complexity index is 930. The number of nitrogens with two attached hydrogens (primary N) is 1. The Kier molecular flexibility index (Phi) is 4.98. The number of hydrogen-bond acceptors (Lipinski definition) is 6. The molecule has 0 aliphatic rings. The predicted octanol–water partition coefficient (Wildman–Crippen LogP) is 3.97. The summed E-state index contributed by atoms with van der Waals surface area (Å²) in [6, 6.07) is 14.2. The van der Waals surface area contributed by atoms with Crippen molar-refractivity contribution in [2.24, 2.45) is 0 Å². The molecule has 3 rings (SSSR count). The minimum atomic E-state index is 0.0873. The van der Waals surface area contributed by atoms with Crippen LogP contribution in [0.3, 0.4) is 0 Å². The number of nitrogens with zero attached hydrogens (tertiary/aromatic N) is 4. The Morgan fingerprint density at radius 1 is 1.00 bits per heavy atom. The van der Waals surface area contributed by atoms with Crippen LogP contribution in [0.15, 0.2) is 42.5 Å². The maximum Gasteiger partial charge on any atom is 0.232 e. The minimum Gasteiger partial charge on any atom is -0.368 e. The normalized spacial score (nSPS) is 10.3. The SMILES string of the molecule is N#Cc1ccc(Nc2nc(N)nc(Cc3c(Cl)cccc3Cl)n2)cc1. The first kappa shape index (κ1) is 17.0. The van der Waals surface area contributed by atoms with Crippen LogP contribution >= 0.6 is 23.2 Å². The van der Waals surface area contributed by atoms with Crippen LogP contribution in [0, 0.1) is 11.3 Å². The first-order chi connectivity index (χ1) is 12.0. The van der Waals surface area contributed by atoms with E-state index < -0.39 is 0 Å². The fourth-order valence-corrected chi connectivity index (χ4v) is 2.72. The molecule has 0 fully saturated rings. The van der Waals surface area contributed by atoms with Crippen LogP contribution in [-0.4, -0.2) is 15.0 Å². The van der Waals surface area contributed by atoms with Crippen LogP contribution in [0.4, 0.5) is 17.6 Å². The molecular weight excluding hydrogens is 359 g/mol. The monoisotopic (exact) mass is 370 g/mol. The van der Waals surface area contributed by atoms with E-state index in [-0.39, 0.29) is 5.95 Å². The molecule has 0 spiro atoms. The third kappa shape index (κ3) is 4.15. The highest BCUT2D eigenvalue weighted by Gasteiger charge is 2.11. The number of anilines is 3. The van der Waals surface area contributed by atoms with E-state index in [2.05, 4.69) is 26.3 Å². The molecule has 1 heterocycles. The molecule has 3 N–H and O–H groups in total. The van der Waals surface area contributed by atoms with E-state index in [0.717, 1.165) is 11.3 Å². The Hall–Kier alpha value is -2.88. The smallest absolute Gasteiger partial charge is 0.232 e. The molecule has 25 heavy (non-hydrogen) atoms. The minimum absolute atomic E-state index is 0.0873. The van der Waals surface area contributed by atoms with Gasteiger partial charge in [0.15, 0.2) is 0 Å². The van der Waals surface area contributed by atoms with Crippen molar-refractivity contribution in [3.8, 4) is 6.07 Å². The summed E-state index contributed by atoms with van der Waals surface area (Å²) in [7, 11) is 0. The Morgan fingerprint density at radius 2 is 1.68 bits per heavy atom. The van der Waals surface area contributed by atoms with Gasteiger partial charge in [-0.05, 0) is 42.0 Å². The van der Waals surface area contributed by atoms with Crippen molar-refractivity contribution in [2.75, 3.05) is 11.1 Å². The lowest BCUT2D eigenvalue weighted by Gasteiger charge is -2.09. The summed E-state index contributed by atoms with van der Waals surface area (Å²) in [5.74, 6) is 0.832. The standard InChI is InChI=1S/C17H12Cl2N6/c18-13-2-1-3-14(19)12(13)8-15-23-16(21)25-17(24-15)22-11-6-4-10(9-20)5-7-11/h1-7H,8H2,(H3,21,22,23,24,25). The summed E-state index contributed by atoms with van der Waals surface area (Å²) in [6.45, 7) is 0.